The van der Waals surface area contributed by atoms with E-state index in [0.29, 0.717) is 0 Å². The monoisotopic (exact) mass is 1250 g/mol. The van der Waals surface area contributed by atoms with E-state index in [9.17, 15) is 0 Å². The van der Waals surface area contributed by atoms with Crippen molar-refractivity contribution in [3.8, 4) is 0 Å². The van der Waals surface area contributed by atoms with Crippen LogP contribution >= 0.6 is 0 Å². The zero-order valence-electron chi connectivity index (χ0n) is 53.1. The van der Waals surface area contributed by atoms with Gasteiger partial charge in [0.2, 0.25) is 0 Å². The first-order valence-corrected chi connectivity index (χ1v) is 74.7. The summed E-state index contributed by atoms with van der Waals surface area (Å²) in [6, 6.07) is 34.2. The first-order valence-electron chi connectivity index (χ1n) is 30.2. The maximum Gasteiger partial charge on any atom is 0.173 e. The van der Waals surface area contributed by atoms with Crippen LogP contribution in [0.4, 0.5) is 8.78 Å². The summed E-state index contributed by atoms with van der Waals surface area (Å²) in [6.45, 7) is 62.5. The standard InChI is InChI=1S/C54H122F2O3Si14/c1-60(2)27-39-66(13,14)57-67(15,16)40-28-63(7,8)36-48-73-49-37-64(9,10)31-43-70(21,22)58-68(17,18)41-29-61(3,4)34-46-72(45-33-60,51-25-26-52(73)54(56)53(51)55)47-35-62(5,6)30-42-69(19,20)59-71(23,24)44-32-65(11,12)38-50-73/h25-26H,27-50H2,1-24H3. The molecule has 1 aromatic rings. The summed E-state index contributed by atoms with van der Waals surface area (Å²) < 4.78 is 60.3. The zero-order valence-corrected chi connectivity index (χ0v) is 67.1. The van der Waals surface area contributed by atoms with Crippen LogP contribution in [0.25, 0.3) is 0 Å². The smallest absolute Gasteiger partial charge is 0.173 e. The van der Waals surface area contributed by atoms with Crippen LogP contribution in [0.5, 0.6) is 0 Å². The molecule has 0 N–H and O–H groups in total. The molecule has 0 spiro atoms. The van der Waals surface area contributed by atoms with Gasteiger partial charge in [-0.15, -0.1) is 0 Å². The Labute approximate surface area is 468 Å². The average Bonchev–Trinajstić information content (AvgIpc) is 3.22. The molecule has 0 aliphatic carbocycles. The van der Waals surface area contributed by atoms with E-state index in [1.807, 2.05) is 0 Å². The molecule has 3 nitrogen and oxygen atoms in total. The predicted molar refractivity (Wildman–Crippen MR) is 366 cm³/mol. The minimum absolute atomic E-state index is 0.350. The van der Waals surface area contributed by atoms with Crippen LogP contribution in [0, 0.1) is 11.6 Å². The summed E-state index contributed by atoms with van der Waals surface area (Å²) in [7, 11) is -27.2. The fourth-order valence-electron chi connectivity index (χ4n) is 13.5. The lowest BCUT2D eigenvalue weighted by atomic mass is 10.3. The Hall–Kier alpha value is 2.00. The topological polar surface area (TPSA) is 27.7 Å². The van der Waals surface area contributed by atoms with Crippen molar-refractivity contribution >= 4 is 125 Å². The van der Waals surface area contributed by atoms with Gasteiger partial charge >= 0.3 is 0 Å². The van der Waals surface area contributed by atoms with E-state index in [4.69, 9.17) is 12.3 Å². The fourth-order valence-corrected chi connectivity index (χ4v) is 99.0. The molecule has 0 saturated carbocycles. The van der Waals surface area contributed by atoms with E-state index in [0.717, 1.165) is 46.6 Å². The van der Waals surface area contributed by atoms with E-state index in [-0.39, 0.29) is 11.6 Å². The SMILES string of the molecule is C[Si]1(C)CC[Si](C)(C)O[Si](C)(C)CC[Si](C)(C)CC[Si]23CC[Si](C)(C)CC[Si](C)(C)O[Si](C)(C)CC[Si](C)(C)CC[Si](CC1)(CC[Si](C)(C)CC[Si](C)(C)O[Si](C)(C)CC[Si](C)(C)CC2)c1ccc3c(F)c1F. The van der Waals surface area contributed by atoms with Crippen molar-refractivity contribution < 1.29 is 21.1 Å². The molecule has 0 radical (unpaired) electrons. The quantitative estimate of drug-likeness (QED) is 0.242. The third-order valence-electron chi connectivity index (χ3n) is 20.0. The van der Waals surface area contributed by atoms with Crippen LogP contribution in [-0.2, 0) is 12.3 Å². The summed E-state index contributed by atoms with van der Waals surface area (Å²) in [5.74, 6) is -0.700. The Morgan fingerprint density at radius 1 is 0.233 bits per heavy atom. The molecule has 0 saturated heterocycles. The van der Waals surface area contributed by atoms with Gasteiger partial charge in [-0.3, -0.25) is 0 Å². The molecule has 7 rings (SSSR count). The van der Waals surface area contributed by atoms with Gasteiger partial charge in [0.15, 0.2) is 61.5 Å². The van der Waals surface area contributed by atoms with Gasteiger partial charge in [-0.25, -0.2) is 8.78 Å². The van der Waals surface area contributed by atoms with Crippen molar-refractivity contribution in [1.29, 1.82) is 0 Å². The van der Waals surface area contributed by atoms with E-state index >= 15 is 8.78 Å². The Balaban J connectivity index is 2.16. The van der Waals surface area contributed by atoms with Gasteiger partial charge in [-0.2, -0.15) is 0 Å². The van der Waals surface area contributed by atoms with Crippen molar-refractivity contribution in [2.24, 2.45) is 0 Å². The van der Waals surface area contributed by atoms with Gasteiger partial charge < -0.3 is 12.3 Å². The second-order valence-electron chi connectivity index (χ2n) is 34.2. The highest BCUT2D eigenvalue weighted by atomic mass is 28.4. The second-order valence-corrected chi connectivity index (χ2v) is 102. The van der Waals surface area contributed by atoms with Crippen LogP contribution in [0.3, 0.4) is 0 Å². The minimum atomic E-state index is -2.63. The van der Waals surface area contributed by atoms with E-state index in [1.165, 1.54) is 109 Å². The lowest BCUT2D eigenvalue weighted by Gasteiger charge is -2.41. The van der Waals surface area contributed by atoms with Crippen molar-refractivity contribution in [1.82, 2.24) is 0 Å². The van der Waals surface area contributed by atoms with Gasteiger partial charge in [-0.05, 0) is 125 Å². The maximum atomic E-state index is 18.8. The Morgan fingerprint density at radius 2 is 0.370 bits per heavy atom. The molecule has 6 aliphatic heterocycles. The van der Waals surface area contributed by atoms with Gasteiger partial charge in [0, 0.05) is 48.4 Å². The molecule has 0 atom stereocenters. The predicted octanol–water partition coefficient (Wildman–Crippen LogP) is 19.8. The summed E-state index contributed by atoms with van der Waals surface area (Å²) in [5, 5.41) is 1.84. The van der Waals surface area contributed by atoms with Crippen LogP contribution in [0.2, 0.25) is 302 Å². The van der Waals surface area contributed by atoms with Crippen LogP contribution < -0.4 is 10.4 Å². The highest BCUT2D eigenvalue weighted by Gasteiger charge is 2.49. The summed E-state index contributed by atoms with van der Waals surface area (Å²) >= 11 is 0. The van der Waals surface area contributed by atoms with Crippen LogP contribution in [-0.4, -0.2) is 114 Å². The summed E-state index contributed by atoms with van der Waals surface area (Å²) in [5.41, 5.74) is 0. The molecule has 6 aliphatic rings. The molecule has 19 heteroatoms. The van der Waals surface area contributed by atoms with Crippen molar-refractivity contribution in [2.45, 2.75) is 302 Å². The first-order chi connectivity index (χ1) is 32.7. The molecule has 0 fully saturated rings. The first kappa shape index (κ1) is 67.5. The fraction of sp³-hybridized carbons (Fsp3) is 0.889. The normalized spacial score (nSPS) is 32.2. The van der Waals surface area contributed by atoms with E-state index in [2.05, 4.69) is 169 Å². The number of fused-ring (bicyclic) bond motifs is 36. The molecule has 426 valence electrons. The number of hydrogen-bond acceptors (Lipinski definition) is 3. The largest absolute Gasteiger partial charge is 0.456 e. The lowest BCUT2D eigenvalue weighted by Crippen LogP contribution is -2.56. The van der Waals surface area contributed by atoms with Gasteiger partial charge in [-0.1, -0.05) is 199 Å². The highest BCUT2D eigenvalue weighted by Crippen LogP contribution is 2.44. The minimum Gasteiger partial charge on any atom is -0.456 e. The van der Waals surface area contributed by atoms with Gasteiger partial charge in [0.1, 0.15) is 0 Å². The third-order valence-corrected chi connectivity index (χ3v) is 77.5. The molecule has 0 unspecified atom stereocenters. The number of hydrogen-bond donors (Lipinski definition) is 0. The maximum absolute atomic E-state index is 18.8. The van der Waals surface area contributed by atoms with Gasteiger partial charge in [0.25, 0.3) is 0 Å². The molecule has 0 amide bonds. The molecule has 6 heterocycles. The summed E-state index contributed by atoms with van der Waals surface area (Å²) in [6.07, 6.45) is 0. The van der Waals surface area contributed by atoms with Gasteiger partial charge in [0.05, 0.1) is 16.1 Å². The van der Waals surface area contributed by atoms with Crippen LogP contribution in [0.1, 0.15) is 0 Å². The van der Waals surface area contributed by atoms with E-state index in [1.54, 1.807) is 0 Å². The Bertz CT molecular complexity index is 1680. The molecule has 4 bridgehead atoms. The third kappa shape index (κ3) is 21.7. The molecular weight excluding hydrogens is 1130 g/mol. The number of benzene rings is 1. The lowest BCUT2D eigenvalue weighted by molar-refractivity contribution is 0.518. The van der Waals surface area contributed by atoms with Crippen molar-refractivity contribution in [3.05, 3.63) is 23.8 Å². The van der Waals surface area contributed by atoms with Crippen molar-refractivity contribution in [3.63, 3.8) is 0 Å². The molecule has 73 heavy (non-hydrogen) atoms. The molecular formula is C54H122F2O3Si14. The van der Waals surface area contributed by atoms with E-state index < -0.39 is 114 Å². The number of rotatable bonds is 0. The Morgan fingerprint density at radius 3 is 0.521 bits per heavy atom. The zero-order chi connectivity index (χ0) is 55.8. The summed E-state index contributed by atoms with van der Waals surface area (Å²) in [4.78, 5) is 0. The average molecular weight is 1250 g/mol. The van der Waals surface area contributed by atoms with Crippen LogP contribution in [0.15, 0.2) is 12.1 Å². The molecule has 0 aromatic heterocycles. The highest BCUT2D eigenvalue weighted by molar-refractivity contribution is 6.99. The molecule has 1 aromatic carbocycles. The Kier molecular flexibility index (Phi) is 22.6. The second kappa shape index (κ2) is 24.4. The van der Waals surface area contributed by atoms with Crippen molar-refractivity contribution in [2.75, 3.05) is 0 Å². The number of halogens is 2.